The normalized spacial score (nSPS) is 27.4. The molecule has 1 amide bonds. The monoisotopic (exact) mass is 543 g/mol. The Morgan fingerprint density at radius 1 is 1.18 bits per heavy atom. The zero-order valence-corrected chi connectivity index (χ0v) is 22.8. The van der Waals surface area contributed by atoms with Gasteiger partial charge in [0.2, 0.25) is 5.91 Å². The van der Waals surface area contributed by atoms with Crippen molar-refractivity contribution >= 4 is 23.5 Å². The minimum Gasteiger partial charge on any atom is -0.425 e. The highest BCUT2D eigenvalue weighted by Crippen LogP contribution is 2.57. The number of amides is 1. The van der Waals surface area contributed by atoms with Gasteiger partial charge in [-0.25, -0.2) is 4.39 Å². The summed E-state index contributed by atoms with van der Waals surface area (Å²) < 4.78 is 26.9. The number of benzene rings is 2. The van der Waals surface area contributed by atoms with Crippen LogP contribution in [0.15, 0.2) is 42.5 Å². The van der Waals surface area contributed by atoms with Gasteiger partial charge in [-0.1, -0.05) is 62.7 Å². The van der Waals surface area contributed by atoms with Gasteiger partial charge in [-0.2, -0.15) is 0 Å². The minimum atomic E-state index is -1.30. The number of carbonyl (C=O) groups is 2. The molecule has 2 aromatic carbocycles. The summed E-state index contributed by atoms with van der Waals surface area (Å²) in [5.74, 6) is -1.81. The zero-order valence-electron chi connectivity index (χ0n) is 22.1. The van der Waals surface area contributed by atoms with Crippen LogP contribution in [0.3, 0.4) is 0 Å². The number of para-hydroxylation sites is 1. The van der Waals surface area contributed by atoms with Crippen LogP contribution >= 0.6 is 11.6 Å². The molecule has 4 atom stereocenters. The first kappa shape index (κ1) is 27.1. The number of esters is 1. The van der Waals surface area contributed by atoms with Crippen LogP contribution < -0.4 is 15.4 Å². The number of morpholine rings is 1. The average Bonchev–Trinajstić information content (AvgIpc) is 3.36. The number of halogens is 2. The van der Waals surface area contributed by atoms with Crippen LogP contribution in [0, 0.1) is 11.2 Å². The molecule has 3 aliphatic heterocycles. The lowest BCUT2D eigenvalue weighted by Gasteiger charge is -2.36. The minimum absolute atomic E-state index is 0.0527. The summed E-state index contributed by atoms with van der Waals surface area (Å²) in [6.07, 6.45) is 0.562. The van der Waals surface area contributed by atoms with Gasteiger partial charge in [0.15, 0.2) is 0 Å². The number of rotatable bonds is 6. The Bertz CT molecular complexity index is 1210. The zero-order chi connectivity index (χ0) is 27.1. The van der Waals surface area contributed by atoms with E-state index in [1.807, 2.05) is 12.1 Å². The van der Waals surface area contributed by atoms with Crippen LogP contribution in [0.1, 0.15) is 44.2 Å². The number of fused-ring (bicyclic) bond motifs is 2. The second-order valence-corrected chi connectivity index (χ2v) is 12.0. The quantitative estimate of drug-likeness (QED) is 0.428. The van der Waals surface area contributed by atoms with Crippen LogP contribution in [0.25, 0.3) is 0 Å². The van der Waals surface area contributed by atoms with Gasteiger partial charge in [-0.15, -0.1) is 0 Å². The summed E-state index contributed by atoms with van der Waals surface area (Å²) in [5.41, 5.74) is -0.605. The van der Waals surface area contributed by atoms with Gasteiger partial charge >= 0.3 is 5.97 Å². The maximum Gasteiger partial charge on any atom is 0.324 e. The molecule has 2 fully saturated rings. The van der Waals surface area contributed by atoms with E-state index >= 15 is 4.39 Å². The third-order valence-corrected chi connectivity index (χ3v) is 8.17. The molecule has 0 aromatic heterocycles. The topological polar surface area (TPSA) is 79.9 Å². The van der Waals surface area contributed by atoms with E-state index in [0.717, 1.165) is 13.1 Å². The summed E-state index contributed by atoms with van der Waals surface area (Å²) in [6, 6.07) is 10.6. The SMILES string of the molecule is CC(C)(C)CC1N[C@@H](C(=O)NCCN2CCOCC2)[C@H](c2cccc(Cl)c2F)[C@@]12C(=O)Oc1ccccc12. The van der Waals surface area contributed by atoms with Crippen LogP contribution in [0.5, 0.6) is 5.75 Å². The van der Waals surface area contributed by atoms with Crippen molar-refractivity contribution in [2.45, 2.75) is 50.6 Å². The lowest BCUT2D eigenvalue weighted by molar-refractivity contribution is -0.139. The van der Waals surface area contributed by atoms with Crippen LogP contribution in [0.2, 0.25) is 5.02 Å². The Hall–Kier alpha value is -2.52. The highest BCUT2D eigenvalue weighted by molar-refractivity contribution is 6.30. The van der Waals surface area contributed by atoms with E-state index < -0.39 is 35.2 Å². The number of nitrogens with zero attached hydrogens (tertiary/aromatic N) is 1. The highest BCUT2D eigenvalue weighted by Gasteiger charge is 2.67. The Balaban J connectivity index is 1.57. The predicted molar refractivity (Wildman–Crippen MR) is 143 cm³/mol. The molecule has 38 heavy (non-hydrogen) atoms. The molecule has 0 saturated carbocycles. The Morgan fingerprint density at radius 2 is 1.92 bits per heavy atom. The number of hydrogen-bond donors (Lipinski definition) is 2. The third-order valence-electron chi connectivity index (χ3n) is 7.87. The van der Waals surface area contributed by atoms with E-state index in [2.05, 4.69) is 36.3 Å². The molecule has 1 spiro atoms. The van der Waals surface area contributed by atoms with Gasteiger partial charge < -0.3 is 20.1 Å². The summed E-state index contributed by atoms with van der Waals surface area (Å²) >= 11 is 6.24. The smallest absolute Gasteiger partial charge is 0.324 e. The third kappa shape index (κ3) is 4.83. The second-order valence-electron chi connectivity index (χ2n) is 11.6. The number of nitrogens with one attached hydrogen (secondary N) is 2. The summed E-state index contributed by atoms with van der Waals surface area (Å²) in [4.78, 5) is 30.0. The second kappa shape index (κ2) is 10.6. The van der Waals surface area contributed by atoms with Crippen molar-refractivity contribution in [2.75, 3.05) is 39.4 Å². The number of carbonyl (C=O) groups excluding carboxylic acids is 2. The molecule has 0 aliphatic carbocycles. The molecule has 5 rings (SSSR count). The van der Waals surface area contributed by atoms with Gasteiger partial charge in [0.1, 0.15) is 17.0 Å². The molecule has 0 bridgehead atoms. The standard InChI is InChI=1S/C29H35ClFN3O4/c1-28(2,3)17-22-29(19-8-4-5-10-21(19)38-27(29)36)23(18-7-6-9-20(30)24(18)31)25(33-22)26(35)32-11-12-34-13-15-37-16-14-34/h4-10,22-23,25,33H,11-17H2,1-3H3,(H,32,35)/t22?,23-,25+,29-/m0/s1. The summed E-state index contributed by atoms with van der Waals surface area (Å²) in [5, 5.41) is 6.47. The van der Waals surface area contributed by atoms with Crippen LogP contribution in [-0.2, 0) is 19.7 Å². The fraction of sp³-hybridized carbons (Fsp3) is 0.517. The fourth-order valence-corrected chi connectivity index (χ4v) is 6.44. The van der Waals surface area contributed by atoms with Crippen molar-refractivity contribution in [1.29, 1.82) is 0 Å². The molecule has 1 unspecified atom stereocenters. The molecule has 2 saturated heterocycles. The van der Waals surface area contributed by atoms with Crippen molar-refractivity contribution in [3.63, 3.8) is 0 Å². The maximum absolute atomic E-state index is 15.7. The van der Waals surface area contributed by atoms with E-state index in [1.54, 1.807) is 24.3 Å². The molecular weight excluding hydrogens is 509 g/mol. The number of hydrogen-bond acceptors (Lipinski definition) is 6. The number of ether oxygens (including phenoxy) is 2. The molecule has 0 radical (unpaired) electrons. The van der Waals surface area contributed by atoms with E-state index in [0.29, 0.717) is 44.0 Å². The van der Waals surface area contributed by atoms with Gasteiger partial charge in [0.05, 0.1) is 24.3 Å². The van der Waals surface area contributed by atoms with Crippen molar-refractivity contribution < 1.29 is 23.5 Å². The Kier molecular flexibility index (Phi) is 7.52. The molecule has 2 aromatic rings. The largest absolute Gasteiger partial charge is 0.425 e. The van der Waals surface area contributed by atoms with E-state index in [1.165, 1.54) is 6.07 Å². The lowest BCUT2D eigenvalue weighted by atomic mass is 9.62. The lowest BCUT2D eigenvalue weighted by Crippen LogP contribution is -2.49. The van der Waals surface area contributed by atoms with E-state index in [9.17, 15) is 9.59 Å². The highest BCUT2D eigenvalue weighted by atomic mass is 35.5. The van der Waals surface area contributed by atoms with Crippen molar-refractivity contribution in [1.82, 2.24) is 15.5 Å². The Labute approximate surface area is 228 Å². The predicted octanol–water partition coefficient (Wildman–Crippen LogP) is 3.64. The molecule has 9 heteroatoms. The molecule has 3 aliphatic rings. The molecule has 2 N–H and O–H groups in total. The van der Waals surface area contributed by atoms with Gasteiger partial charge in [-0.05, 0) is 29.5 Å². The molecule has 204 valence electrons. The Morgan fingerprint density at radius 3 is 2.66 bits per heavy atom. The molecule has 7 nitrogen and oxygen atoms in total. The van der Waals surface area contributed by atoms with Crippen LogP contribution in [0.4, 0.5) is 4.39 Å². The van der Waals surface area contributed by atoms with E-state index in [4.69, 9.17) is 21.1 Å². The van der Waals surface area contributed by atoms with Crippen molar-refractivity contribution in [3.05, 3.63) is 64.4 Å². The summed E-state index contributed by atoms with van der Waals surface area (Å²) in [6.45, 7) is 10.3. The average molecular weight is 544 g/mol. The van der Waals surface area contributed by atoms with Gasteiger partial charge in [-0.3, -0.25) is 14.5 Å². The molecular formula is C29H35ClFN3O4. The first-order valence-electron chi connectivity index (χ1n) is 13.2. The first-order chi connectivity index (χ1) is 18.1. The fourth-order valence-electron chi connectivity index (χ4n) is 6.26. The van der Waals surface area contributed by atoms with E-state index in [-0.39, 0.29) is 21.9 Å². The van der Waals surface area contributed by atoms with Crippen molar-refractivity contribution in [2.24, 2.45) is 5.41 Å². The summed E-state index contributed by atoms with van der Waals surface area (Å²) in [7, 11) is 0. The van der Waals surface area contributed by atoms with Crippen LogP contribution in [-0.4, -0.2) is 68.3 Å². The van der Waals surface area contributed by atoms with Gasteiger partial charge in [0.25, 0.3) is 0 Å². The molecule has 3 heterocycles. The van der Waals surface area contributed by atoms with Crippen molar-refractivity contribution in [3.8, 4) is 5.75 Å². The van der Waals surface area contributed by atoms with Gasteiger partial charge in [0, 0.05) is 43.7 Å². The maximum atomic E-state index is 15.7. The first-order valence-corrected chi connectivity index (χ1v) is 13.6.